The van der Waals surface area contributed by atoms with Gasteiger partial charge in [-0.15, -0.1) is 5.10 Å². The van der Waals surface area contributed by atoms with Crippen LogP contribution in [0.1, 0.15) is 17.6 Å². The van der Waals surface area contributed by atoms with Crippen LogP contribution in [0.25, 0.3) is 11.4 Å². The Morgan fingerprint density at radius 1 is 1.33 bits per heavy atom. The zero-order valence-electron chi connectivity index (χ0n) is 9.51. The normalized spacial score (nSPS) is 14.7. The second-order valence-electron chi connectivity index (χ2n) is 4.32. The van der Waals surface area contributed by atoms with Crippen molar-refractivity contribution < 1.29 is 9.18 Å². The van der Waals surface area contributed by atoms with Crippen molar-refractivity contribution >= 4 is 11.9 Å². The van der Waals surface area contributed by atoms with Gasteiger partial charge in [0.1, 0.15) is 5.82 Å². The molecule has 0 unspecified atom stereocenters. The number of halogens is 1. The zero-order valence-corrected chi connectivity index (χ0v) is 9.51. The Morgan fingerprint density at radius 2 is 2.00 bits per heavy atom. The molecule has 18 heavy (non-hydrogen) atoms. The van der Waals surface area contributed by atoms with Gasteiger partial charge in [-0.25, -0.2) is 4.39 Å². The summed E-state index contributed by atoms with van der Waals surface area (Å²) >= 11 is 0. The Hall–Kier alpha value is -2.24. The number of rotatable bonds is 2. The molecule has 1 aromatic carbocycles. The lowest BCUT2D eigenvalue weighted by Gasteiger charge is -1.97. The topological polar surface area (TPSA) is 73.8 Å². The van der Waals surface area contributed by atoms with Crippen LogP contribution in [0.5, 0.6) is 0 Å². The fraction of sp³-hybridized carbons (Fsp3) is 0.250. The fourth-order valence-electron chi connectivity index (χ4n) is 1.71. The molecule has 0 radical (unpaired) electrons. The van der Waals surface area contributed by atoms with E-state index in [4.69, 9.17) is 5.73 Å². The molecule has 0 saturated heterocycles. The Balaban J connectivity index is 1.96. The molecule has 5 nitrogen and oxygen atoms in total. The molecule has 2 aromatic rings. The van der Waals surface area contributed by atoms with Crippen LogP contribution in [-0.4, -0.2) is 20.7 Å². The largest absolute Gasteiger partial charge is 0.368 e. The van der Waals surface area contributed by atoms with Gasteiger partial charge in [-0.05, 0) is 37.1 Å². The molecule has 3 rings (SSSR count). The maximum absolute atomic E-state index is 12.8. The second kappa shape index (κ2) is 3.90. The number of hydrogen-bond donors (Lipinski definition) is 1. The number of carbonyl (C=O) groups excluding carboxylic acids is 1. The minimum absolute atomic E-state index is 0.0232. The van der Waals surface area contributed by atoms with Crippen LogP contribution < -0.4 is 5.73 Å². The van der Waals surface area contributed by atoms with Gasteiger partial charge in [-0.1, -0.05) is 0 Å². The van der Waals surface area contributed by atoms with E-state index in [9.17, 15) is 9.18 Å². The van der Waals surface area contributed by atoms with Crippen LogP contribution in [-0.2, 0) is 0 Å². The van der Waals surface area contributed by atoms with Crippen molar-refractivity contribution in [1.82, 2.24) is 14.8 Å². The highest BCUT2D eigenvalue weighted by molar-refractivity contribution is 5.85. The molecule has 0 aliphatic heterocycles. The first-order valence-electron chi connectivity index (χ1n) is 5.68. The SMILES string of the molecule is Nc1nc(-c2ccc(F)cc2)nn1C(=O)C1CC1. The van der Waals surface area contributed by atoms with Crippen molar-refractivity contribution in [3.05, 3.63) is 30.1 Å². The molecule has 1 aliphatic rings. The summed E-state index contributed by atoms with van der Waals surface area (Å²) in [6.07, 6.45) is 1.76. The molecule has 0 bridgehead atoms. The molecule has 1 fully saturated rings. The summed E-state index contributed by atoms with van der Waals surface area (Å²) in [7, 11) is 0. The van der Waals surface area contributed by atoms with Gasteiger partial charge >= 0.3 is 0 Å². The summed E-state index contributed by atoms with van der Waals surface area (Å²) in [6.45, 7) is 0. The maximum Gasteiger partial charge on any atom is 0.253 e. The van der Waals surface area contributed by atoms with E-state index >= 15 is 0 Å². The van der Waals surface area contributed by atoms with E-state index in [1.54, 1.807) is 12.1 Å². The van der Waals surface area contributed by atoms with Gasteiger partial charge in [0.15, 0.2) is 5.82 Å². The fourth-order valence-corrected chi connectivity index (χ4v) is 1.71. The molecule has 6 heteroatoms. The Labute approximate surface area is 102 Å². The third-order valence-corrected chi connectivity index (χ3v) is 2.87. The van der Waals surface area contributed by atoms with Crippen molar-refractivity contribution in [2.75, 3.05) is 5.73 Å². The van der Waals surface area contributed by atoms with E-state index < -0.39 is 0 Å². The molecule has 0 atom stereocenters. The van der Waals surface area contributed by atoms with Crippen molar-refractivity contribution in [3.8, 4) is 11.4 Å². The van der Waals surface area contributed by atoms with Gasteiger partial charge in [0.2, 0.25) is 5.95 Å². The van der Waals surface area contributed by atoms with Gasteiger partial charge in [0, 0.05) is 11.5 Å². The first kappa shape index (κ1) is 10.9. The predicted molar refractivity (Wildman–Crippen MR) is 63.2 cm³/mol. The highest BCUT2D eigenvalue weighted by Gasteiger charge is 2.33. The first-order valence-corrected chi connectivity index (χ1v) is 5.68. The molecule has 1 aromatic heterocycles. The molecule has 2 N–H and O–H groups in total. The molecule has 92 valence electrons. The number of nitrogens with two attached hydrogens (primary N) is 1. The molecule has 0 amide bonds. The Morgan fingerprint density at radius 3 is 2.61 bits per heavy atom. The first-order chi connectivity index (χ1) is 8.65. The Kier molecular flexibility index (Phi) is 2.36. The van der Waals surface area contributed by atoms with E-state index in [-0.39, 0.29) is 23.6 Å². The van der Waals surface area contributed by atoms with Crippen molar-refractivity contribution in [1.29, 1.82) is 0 Å². The maximum atomic E-state index is 12.8. The lowest BCUT2D eigenvalue weighted by Crippen LogP contribution is -2.16. The molecule has 1 aliphatic carbocycles. The quantitative estimate of drug-likeness (QED) is 0.875. The third-order valence-electron chi connectivity index (χ3n) is 2.87. The van der Waals surface area contributed by atoms with E-state index in [1.165, 1.54) is 12.1 Å². The van der Waals surface area contributed by atoms with E-state index in [2.05, 4.69) is 10.1 Å². The van der Waals surface area contributed by atoms with Gasteiger partial charge in [0.25, 0.3) is 5.91 Å². The average molecular weight is 246 g/mol. The molecule has 1 saturated carbocycles. The van der Waals surface area contributed by atoms with Crippen molar-refractivity contribution in [2.45, 2.75) is 12.8 Å². The number of nitrogens with zero attached hydrogens (tertiary/aromatic N) is 3. The summed E-state index contributed by atoms with van der Waals surface area (Å²) in [5.41, 5.74) is 6.30. The van der Waals surface area contributed by atoms with Crippen LogP contribution in [0.15, 0.2) is 24.3 Å². The molecular weight excluding hydrogens is 235 g/mol. The molecule has 0 spiro atoms. The van der Waals surface area contributed by atoms with E-state index in [0.717, 1.165) is 17.5 Å². The van der Waals surface area contributed by atoms with Crippen LogP contribution >= 0.6 is 0 Å². The molecule has 1 heterocycles. The van der Waals surface area contributed by atoms with E-state index in [1.807, 2.05) is 0 Å². The zero-order chi connectivity index (χ0) is 12.7. The third kappa shape index (κ3) is 1.85. The number of nitrogen functional groups attached to an aromatic ring is 1. The van der Waals surface area contributed by atoms with Crippen LogP contribution in [0.3, 0.4) is 0 Å². The Bertz CT molecular complexity index is 601. The standard InChI is InChI=1S/C12H11FN4O/c13-9-5-3-7(4-6-9)10-15-12(14)17(16-10)11(18)8-1-2-8/h3-6,8H,1-2H2,(H2,14,15,16). The summed E-state index contributed by atoms with van der Waals surface area (Å²) in [4.78, 5) is 15.9. The van der Waals surface area contributed by atoms with Crippen LogP contribution in [0.2, 0.25) is 0 Å². The second-order valence-corrected chi connectivity index (χ2v) is 4.32. The lowest BCUT2D eigenvalue weighted by molar-refractivity contribution is 0.0873. The smallest absolute Gasteiger partial charge is 0.253 e. The van der Waals surface area contributed by atoms with Crippen LogP contribution in [0.4, 0.5) is 10.3 Å². The van der Waals surface area contributed by atoms with Gasteiger partial charge in [0.05, 0.1) is 0 Å². The van der Waals surface area contributed by atoms with E-state index in [0.29, 0.717) is 11.4 Å². The highest BCUT2D eigenvalue weighted by Crippen LogP contribution is 2.31. The summed E-state index contributed by atoms with van der Waals surface area (Å²) < 4.78 is 13.9. The van der Waals surface area contributed by atoms with Gasteiger partial charge in [-0.2, -0.15) is 9.67 Å². The minimum Gasteiger partial charge on any atom is -0.368 e. The van der Waals surface area contributed by atoms with Crippen molar-refractivity contribution in [3.63, 3.8) is 0 Å². The highest BCUT2D eigenvalue weighted by atomic mass is 19.1. The van der Waals surface area contributed by atoms with Crippen molar-refractivity contribution in [2.24, 2.45) is 5.92 Å². The number of aromatic nitrogens is 3. The summed E-state index contributed by atoms with van der Waals surface area (Å²) in [5, 5.41) is 4.08. The average Bonchev–Trinajstić information content (AvgIpc) is 3.13. The minimum atomic E-state index is -0.333. The summed E-state index contributed by atoms with van der Waals surface area (Å²) in [5.74, 6) is -0.0173. The predicted octanol–water partition coefficient (Wildman–Crippen LogP) is 1.72. The van der Waals surface area contributed by atoms with Gasteiger partial charge in [-0.3, -0.25) is 4.79 Å². The number of benzene rings is 1. The number of carbonyl (C=O) groups is 1. The number of anilines is 1. The monoisotopic (exact) mass is 246 g/mol. The summed E-state index contributed by atoms with van der Waals surface area (Å²) in [6, 6.07) is 5.73. The number of hydrogen-bond acceptors (Lipinski definition) is 4. The van der Waals surface area contributed by atoms with Crippen LogP contribution in [0, 0.1) is 11.7 Å². The molecular formula is C12H11FN4O. The lowest BCUT2D eigenvalue weighted by atomic mass is 10.2. The van der Waals surface area contributed by atoms with Gasteiger partial charge < -0.3 is 5.73 Å².